The number of aryl methyl sites for hydroxylation is 1. The Kier molecular flexibility index (Phi) is 5.42. The van der Waals surface area contributed by atoms with Crippen LogP contribution in [-0.4, -0.2) is 12.5 Å². The van der Waals surface area contributed by atoms with Crippen LogP contribution in [0.1, 0.15) is 22.8 Å². The number of anilines is 1. The molecule has 0 spiro atoms. The summed E-state index contributed by atoms with van der Waals surface area (Å²) in [4.78, 5) is 12.3. The number of benzene rings is 2. The minimum Gasteiger partial charge on any atom is -0.493 e. The minimum absolute atomic E-state index is 0.149. The SMILES string of the molecule is CCOc1ccc(C(=O)Nc2ccc(Br)cc2C)cc1Br. The van der Waals surface area contributed by atoms with Crippen LogP contribution in [0.15, 0.2) is 45.3 Å². The number of hydrogen-bond acceptors (Lipinski definition) is 2. The van der Waals surface area contributed by atoms with Crippen molar-refractivity contribution in [2.24, 2.45) is 0 Å². The number of hydrogen-bond donors (Lipinski definition) is 1. The Morgan fingerprint density at radius 1 is 1.19 bits per heavy atom. The highest BCUT2D eigenvalue weighted by Crippen LogP contribution is 2.27. The zero-order valence-corrected chi connectivity index (χ0v) is 14.9. The first-order valence-corrected chi connectivity index (χ1v) is 8.09. The van der Waals surface area contributed by atoms with Crippen LogP contribution in [-0.2, 0) is 0 Å². The first-order valence-electron chi connectivity index (χ1n) is 6.51. The van der Waals surface area contributed by atoms with Crippen molar-refractivity contribution in [1.82, 2.24) is 0 Å². The third-order valence-corrected chi connectivity index (χ3v) is 4.04. The Balaban J connectivity index is 2.18. The van der Waals surface area contributed by atoms with E-state index in [-0.39, 0.29) is 5.91 Å². The summed E-state index contributed by atoms with van der Waals surface area (Å²) in [5.41, 5.74) is 2.38. The molecule has 0 atom stereocenters. The summed E-state index contributed by atoms with van der Waals surface area (Å²) >= 11 is 6.82. The molecule has 0 fully saturated rings. The molecule has 1 N–H and O–H groups in total. The van der Waals surface area contributed by atoms with E-state index < -0.39 is 0 Å². The smallest absolute Gasteiger partial charge is 0.255 e. The molecule has 0 unspecified atom stereocenters. The van der Waals surface area contributed by atoms with E-state index in [9.17, 15) is 4.79 Å². The van der Waals surface area contributed by atoms with E-state index in [4.69, 9.17) is 4.74 Å². The van der Waals surface area contributed by atoms with Crippen molar-refractivity contribution < 1.29 is 9.53 Å². The summed E-state index contributed by atoms with van der Waals surface area (Å²) < 4.78 is 7.19. The zero-order chi connectivity index (χ0) is 15.4. The number of halogens is 2. The highest BCUT2D eigenvalue weighted by Gasteiger charge is 2.10. The van der Waals surface area contributed by atoms with Gasteiger partial charge in [-0.05, 0) is 71.7 Å². The lowest BCUT2D eigenvalue weighted by Crippen LogP contribution is -2.12. The molecular formula is C16H15Br2NO2. The summed E-state index contributed by atoms with van der Waals surface area (Å²) in [6, 6.07) is 11.0. The third-order valence-electron chi connectivity index (χ3n) is 2.93. The van der Waals surface area contributed by atoms with Crippen molar-refractivity contribution in [3.8, 4) is 5.75 Å². The molecule has 3 nitrogen and oxygen atoms in total. The Hall–Kier alpha value is -1.33. The van der Waals surface area contributed by atoms with Crippen LogP contribution >= 0.6 is 31.9 Å². The molecule has 2 rings (SSSR count). The van der Waals surface area contributed by atoms with E-state index >= 15 is 0 Å². The molecule has 0 aromatic heterocycles. The van der Waals surface area contributed by atoms with Gasteiger partial charge in [0.2, 0.25) is 0 Å². The van der Waals surface area contributed by atoms with Gasteiger partial charge in [-0.1, -0.05) is 15.9 Å². The van der Waals surface area contributed by atoms with Crippen molar-refractivity contribution in [1.29, 1.82) is 0 Å². The van der Waals surface area contributed by atoms with Crippen molar-refractivity contribution in [2.45, 2.75) is 13.8 Å². The van der Waals surface area contributed by atoms with Gasteiger partial charge < -0.3 is 10.1 Å². The fourth-order valence-electron chi connectivity index (χ4n) is 1.88. The van der Waals surface area contributed by atoms with Crippen LogP contribution in [0.25, 0.3) is 0 Å². The molecule has 0 aliphatic rings. The molecule has 0 heterocycles. The molecule has 0 saturated heterocycles. The lowest BCUT2D eigenvalue weighted by atomic mass is 10.1. The number of ether oxygens (including phenoxy) is 1. The number of carbonyl (C=O) groups excluding carboxylic acids is 1. The molecule has 0 radical (unpaired) electrons. The Labute approximate surface area is 141 Å². The van der Waals surface area contributed by atoms with E-state index in [1.54, 1.807) is 18.2 Å². The molecule has 0 aliphatic heterocycles. The zero-order valence-electron chi connectivity index (χ0n) is 11.7. The van der Waals surface area contributed by atoms with E-state index in [1.165, 1.54) is 0 Å². The van der Waals surface area contributed by atoms with Crippen molar-refractivity contribution in [3.05, 3.63) is 56.5 Å². The van der Waals surface area contributed by atoms with Crippen LogP contribution < -0.4 is 10.1 Å². The second-order valence-electron chi connectivity index (χ2n) is 4.49. The first kappa shape index (κ1) is 16.0. The normalized spacial score (nSPS) is 10.3. The van der Waals surface area contributed by atoms with Gasteiger partial charge in [-0.15, -0.1) is 0 Å². The molecule has 5 heteroatoms. The van der Waals surface area contributed by atoms with Gasteiger partial charge in [0.25, 0.3) is 5.91 Å². The fourth-order valence-corrected chi connectivity index (χ4v) is 2.85. The number of rotatable bonds is 4. The van der Waals surface area contributed by atoms with Crippen molar-refractivity contribution in [2.75, 3.05) is 11.9 Å². The Morgan fingerprint density at radius 3 is 2.57 bits per heavy atom. The summed E-state index contributed by atoms with van der Waals surface area (Å²) in [5.74, 6) is 0.582. The lowest BCUT2D eigenvalue weighted by Gasteiger charge is -2.10. The summed E-state index contributed by atoms with van der Waals surface area (Å²) in [6.07, 6.45) is 0. The van der Waals surface area contributed by atoms with Crippen LogP contribution in [0, 0.1) is 6.92 Å². The highest BCUT2D eigenvalue weighted by atomic mass is 79.9. The van der Waals surface area contributed by atoms with Gasteiger partial charge in [-0.2, -0.15) is 0 Å². The van der Waals surface area contributed by atoms with Crippen molar-refractivity contribution >= 4 is 43.5 Å². The predicted molar refractivity (Wildman–Crippen MR) is 92.1 cm³/mol. The standard InChI is InChI=1S/C16H15Br2NO2/c1-3-21-15-7-4-11(9-13(15)18)16(20)19-14-6-5-12(17)8-10(14)2/h4-9H,3H2,1-2H3,(H,19,20). The van der Waals surface area contributed by atoms with Gasteiger partial charge in [-0.3, -0.25) is 4.79 Å². The fraction of sp³-hybridized carbons (Fsp3) is 0.188. The number of carbonyl (C=O) groups is 1. The largest absolute Gasteiger partial charge is 0.493 e. The van der Waals surface area contributed by atoms with Gasteiger partial charge in [0.05, 0.1) is 11.1 Å². The second kappa shape index (κ2) is 7.09. The molecule has 0 bridgehead atoms. The topological polar surface area (TPSA) is 38.3 Å². The van der Waals surface area contributed by atoms with Gasteiger partial charge in [0.15, 0.2) is 0 Å². The molecule has 2 aromatic rings. The number of amides is 1. The average molecular weight is 413 g/mol. The predicted octanol–water partition coefficient (Wildman–Crippen LogP) is 5.17. The van der Waals surface area contributed by atoms with E-state index in [1.807, 2.05) is 32.0 Å². The van der Waals surface area contributed by atoms with E-state index in [0.29, 0.717) is 12.2 Å². The molecule has 0 saturated carbocycles. The van der Waals surface area contributed by atoms with Crippen LogP contribution in [0.3, 0.4) is 0 Å². The van der Waals surface area contributed by atoms with Crippen molar-refractivity contribution in [3.63, 3.8) is 0 Å². The lowest BCUT2D eigenvalue weighted by molar-refractivity contribution is 0.102. The first-order chi connectivity index (χ1) is 10.0. The van der Waals surface area contributed by atoms with Crippen LogP contribution in [0.4, 0.5) is 5.69 Å². The molecule has 2 aromatic carbocycles. The molecular weight excluding hydrogens is 398 g/mol. The minimum atomic E-state index is -0.149. The monoisotopic (exact) mass is 411 g/mol. The van der Waals surface area contributed by atoms with Crippen LogP contribution in [0.5, 0.6) is 5.75 Å². The number of nitrogens with one attached hydrogen (secondary N) is 1. The highest BCUT2D eigenvalue weighted by molar-refractivity contribution is 9.10. The molecule has 1 amide bonds. The summed E-state index contributed by atoms with van der Waals surface area (Å²) in [5, 5.41) is 2.91. The second-order valence-corrected chi connectivity index (χ2v) is 6.26. The quantitative estimate of drug-likeness (QED) is 0.751. The van der Waals surface area contributed by atoms with Gasteiger partial charge >= 0.3 is 0 Å². The third kappa shape index (κ3) is 4.08. The van der Waals surface area contributed by atoms with Crippen LogP contribution in [0.2, 0.25) is 0 Å². The maximum absolute atomic E-state index is 12.3. The van der Waals surface area contributed by atoms with Gasteiger partial charge in [0, 0.05) is 15.7 Å². The van der Waals surface area contributed by atoms with E-state index in [2.05, 4.69) is 37.2 Å². The molecule has 21 heavy (non-hydrogen) atoms. The average Bonchev–Trinajstić information content (AvgIpc) is 2.44. The summed E-state index contributed by atoms with van der Waals surface area (Å²) in [7, 11) is 0. The Morgan fingerprint density at radius 2 is 1.95 bits per heavy atom. The summed E-state index contributed by atoms with van der Waals surface area (Å²) in [6.45, 7) is 4.46. The maximum Gasteiger partial charge on any atom is 0.255 e. The van der Waals surface area contributed by atoms with Gasteiger partial charge in [-0.25, -0.2) is 0 Å². The molecule has 0 aliphatic carbocycles. The molecule has 110 valence electrons. The van der Waals surface area contributed by atoms with Gasteiger partial charge in [0.1, 0.15) is 5.75 Å². The maximum atomic E-state index is 12.3. The van der Waals surface area contributed by atoms with E-state index in [0.717, 1.165) is 25.9 Å². The Bertz CT molecular complexity index is 671.